The summed E-state index contributed by atoms with van der Waals surface area (Å²) < 4.78 is 50.6. The Balaban J connectivity index is 0.0000270. The van der Waals surface area contributed by atoms with Gasteiger partial charge in [0.1, 0.15) is 12.1 Å². The second-order valence-corrected chi connectivity index (χ2v) is 14.3. The number of carbonyl (C=O) groups excluding carboxylic acids is 3. The van der Waals surface area contributed by atoms with E-state index in [1.165, 1.54) is 11.6 Å². The molecule has 1 rings (SSSR count). The Hall–Kier alpha value is -3.10. The van der Waals surface area contributed by atoms with Crippen LogP contribution >= 0.6 is 0 Å². The van der Waals surface area contributed by atoms with E-state index in [1.54, 1.807) is 39.4 Å². The Morgan fingerprint density at radius 3 is 2.30 bits per heavy atom. The maximum atomic E-state index is 13.1. The number of carbonyl (C=O) groups is 3. The Morgan fingerprint density at radius 1 is 1.00 bits per heavy atom. The Bertz CT molecular complexity index is 1550. The van der Waals surface area contributed by atoms with Gasteiger partial charge in [0.25, 0.3) is 0 Å². The van der Waals surface area contributed by atoms with Gasteiger partial charge in [-0.15, -0.1) is 0 Å². The van der Waals surface area contributed by atoms with E-state index in [0.29, 0.717) is 5.57 Å². The molecule has 0 saturated carbocycles. The van der Waals surface area contributed by atoms with Crippen molar-refractivity contribution in [2.24, 2.45) is 11.8 Å². The topological polar surface area (TPSA) is 160 Å². The first-order valence-electron chi connectivity index (χ1n) is 17.3. The van der Waals surface area contributed by atoms with Crippen molar-refractivity contribution in [1.82, 2.24) is 10.6 Å². The first-order valence-corrected chi connectivity index (χ1v) is 18.9. The summed E-state index contributed by atoms with van der Waals surface area (Å²) >= 11 is 0. The van der Waals surface area contributed by atoms with Crippen LogP contribution in [0.5, 0.6) is 0 Å². The van der Waals surface area contributed by atoms with E-state index < -0.39 is 39.9 Å². The third-order valence-electron chi connectivity index (χ3n) is 8.07. The van der Waals surface area contributed by atoms with Crippen LogP contribution in [0.25, 0.3) is 0 Å². The molecular formula is C40H57N2NaO9S. The first kappa shape index (κ1) is 49.9. The molecule has 5 unspecified atom stereocenters. The van der Waals surface area contributed by atoms with E-state index in [-0.39, 0.29) is 66.6 Å². The van der Waals surface area contributed by atoms with Crippen molar-refractivity contribution in [2.75, 3.05) is 26.5 Å². The molecule has 0 aromatic heterocycles. The van der Waals surface area contributed by atoms with Crippen LogP contribution in [0.3, 0.4) is 0 Å². The van der Waals surface area contributed by atoms with Crippen molar-refractivity contribution >= 4 is 28.4 Å². The zero-order valence-corrected chi connectivity index (χ0v) is 35.6. The smallest absolute Gasteiger partial charge is 0.748 e. The molecule has 0 bridgehead atoms. The van der Waals surface area contributed by atoms with Crippen molar-refractivity contribution in [3.05, 3.63) is 107 Å². The number of ether oxygens (including phenoxy) is 3. The van der Waals surface area contributed by atoms with Gasteiger partial charge in [-0.3, -0.25) is 9.59 Å². The van der Waals surface area contributed by atoms with Gasteiger partial charge < -0.3 is 29.4 Å². The van der Waals surface area contributed by atoms with Crippen molar-refractivity contribution in [1.29, 1.82) is 0 Å². The summed E-state index contributed by atoms with van der Waals surface area (Å²) in [6, 6.07) is -1.51. The number of amides is 2. The van der Waals surface area contributed by atoms with Crippen molar-refractivity contribution in [3.8, 4) is 0 Å². The number of nitrogens with one attached hydrogen (secondary N) is 2. The van der Waals surface area contributed by atoms with Crippen LogP contribution in [0.1, 0.15) is 60.8 Å². The minimum atomic E-state index is -4.75. The fourth-order valence-electron chi connectivity index (χ4n) is 4.97. The number of methoxy groups -OCH3 is 2. The van der Waals surface area contributed by atoms with Crippen LogP contribution in [0, 0.1) is 11.8 Å². The second kappa shape index (κ2) is 27.5. The van der Waals surface area contributed by atoms with Gasteiger partial charge in [-0.05, 0) is 58.4 Å². The Kier molecular flexibility index (Phi) is 25.9. The molecule has 0 spiro atoms. The standard InChI is InChI=1S/C40H58N2O9S.Na/c1-29-13-11-17-35(49-7)16-10-9-15-33(5)39(34(6)23-21-32(4)26-41-40(45)37(42-28-43)27-52(46,47)48)51-38(44)24-22-30(2)19-20-31(3)25-36(50-8)18-12-14-29;/h9-10,12-16,19-25,28,30,33,35-37,39H,11,17-18,26-27H2,1-8H3,(H,41,45)(H,42,43)(H,46,47,48);/q;+1/p-1/b14-12+,15-9+,16-10+,20-19+,24-22+,29-13+,31-25+,32-21+,34-23+;/t30?,33?,35?,36?,37-,39?;/m0./s1. The summed E-state index contributed by atoms with van der Waals surface area (Å²) in [7, 11) is -1.38. The summed E-state index contributed by atoms with van der Waals surface area (Å²) in [5, 5.41) is 4.57. The number of allylic oxidation sites excluding steroid dienone is 11. The fraction of sp³-hybridized carbons (Fsp3) is 0.475. The monoisotopic (exact) mass is 764 g/mol. The number of hydrogen-bond acceptors (Lipinski definition) is 9. The third kappa shape index (κ3) is 23.3. The van der Waals surface area contributed by atoms with Crippen LogP contribution < -0.4 is 40.2 Å². The molecule has 1 heterocycles. The van der Waals surface area contributed by atoms with Gasteiger partial charge in [-0.2, -0.15) is 0 Å². The van der Waals surface area contributed by atoms with Gasteiger partial charge in [0.2, 0.25) is 12.3 Å². The van der Waals surface area contributed by atoms with E-state index in [2.05, 4.69) is 41.9 Å². The zero-order chi connectivity index (χ0) is 39.1. The Morgan fingerprint density at radius 2 is 1.66 bits per heavy atom. The van der Waals surface area contributed by atoms with E-state index >= 15 is 0 Å². The molecule has 13 heteroatoms. The molecule has 53 heavy (non-hydrogen) atoms. The van der Waals surface area contributed by atoms with E-state index in [4.69, 9.17) is 14.2 Å². The van der Waals surface area contributed by atoms with Crippen molar-refractivity contribution in [3.63, 3.8) is 0 Å². The summed E-state index contributed by atoms with van der Waals surface area (Å²) in [6.45, 7) is 11.6. The van der Waals surface area contributed by atoms with Gasteiger partial charge in [-0.25, -0.2) is 13.2 Å². The first-order chi connectivity index (χ1) is 24.6. The van der Waals surface area contributed by atoms with Crippen molar-refractivity contribution in [2.45, 2.75) is 85.2 Å². The molecule has 1 aliphatic rings. The van der Waals surface area contributed by atoms with Gasteiger partial charge in [0.05, 0.1) is 28.1 Å². The molecule has 0 aromatic carbocycles. The molecule has 2 amide bonds. The SMILES string of the molecule is COC1/C=C(C)/C=C/C(C)/C=C/C(=O)OC(/C(C)=C/C=C(\C)CNC(=O)[C@H](CS(=O)(=O)[O-])NC=O)C(C)/C=C/C=C/C(OC)CC/C=C(C)/C=C/C1.[Na+]. The molecule has 11 nitrogen and oxygen atoms in total. The maximum Gasteiger partial charge on any atom is 1.00 e. The summed E-state index contributed by atoms with van der Waals surface area (Å²) in [5.74, 6) is -2.65. The summed E-state index contributed by atoms with van der Waals surface area (Å²) in [4.78, 5) is 36.3. The van der Waals surface area contributed by atoms with Gasteiger partial charge >= 0.3 is 35.5 Å². The second-order valence-electron chi connectivity index (χ2n) is 12.9. The molecule has 0 aromatic rings. The van der Waals surface area contributed by atoms with Gasteiger partial charge in [-0.1, -0.05) is 110 Å². The van der Waals surface area contributed by atoms with Crippen LogP contribution in [0.2, 0.25) is 0 Å². The molecule has 0 aliphatic carbocycles. The van der Waals surface area contributed by atoms with Crippen LogP contribution in [0.15, 0.2) is 107 Å². The predicted molar refractivity (Wildman–Crippen MR) is 205 cm³/mol. The number of esters is 1. The maximum absolute atomic E-state index is 13.1. The fourth-order valence-corrected chi connectivity index (χ4v) is 5.63. The van der Waals surface area contributed by atoms with Crippen LogP contribution in [0.4, 0.5) is 0 Å². The molecule has 0 fully saturated rings. The normalized spacial score (nSPS) is 28.8. The average molecular weight is 765 g/mol. The van der Waals surface area contributed by atoms with Gasteiger partial charge in [0, 0.05) is 32.8 Å². The molecule has 0 saturated heterocycles. The van der Waals surface area contributed by atoms with Gasteiger partial charge in [0.15, 0.2) is 0 Å². The van der Waals surface area contributed by atoms with Crippen LogP contribution in [-0.2, 0) is 38.7 Å². The van der Waals surface area contributed by atoms with Crippen LogP contribution in [-0.4, -0.2) is 82.1 Å². The number of rotatable bonds is 11. The van der Waals surface area contributed by atoms with E-state index in [9.17, 15) is 27.4 Å². The Labute approximate surface area is 339 Å². The van der Waals surface area contributed by atoms with Crippen molar-refractivity contribution < 1.29 is 71.1 Å². The summed E-state index contributed by atoms with van der Waals surface area (Å²) in [5.41, 5.74) is 3.63. The largest absolute Gasteiger partial charge is 1.00 e. The molecule has 6 atom stereocenters. The predicted octanol–water partition coefficient (Wildman–Crippen LogP) is 2.73. The molecular weight excluding hydrogens is 708 g/mol. The third-order valence-corrected chi connectivity index (χ3v) is 8.81. The molecule has 2 N–H and O–H groups in total. The zero-order valence-electron chi connectivity index (χ0n) is 32.7. The minimum Gasteiger partial charge on any atom is -0.748 e. The average Bonchev–Trinajstić information content (AvgIpc) is 3.09. The molecule has 1 aliphatic heterocycles. The van der Waals surface area contributed by atoms with E-state index in [1.807, 2.05) is 64.2 Å². The minimum absolute atomic E-state index is 0. The van der Waals surface area contributed by atoms with E-state index in [0.717, 1.165) is 30.4 Å². The number of cyclic esters (lactones) is 1. The summed E-state index contributed by atoms with van der Waals surface area (Å²) in [6.07, 6.45) is 28.7. The number of hydrogen-bond donors (Lipinski definition) is 2. The molecule has 0 radical (unpaired) electrons. The molecule has 288 valence electrons. The quantitative estimate of drug-likeness (QED) is 0.106.